The molecule has 20 heavy (non-hydrogen) atoms. The van der Waals surface area contributed by atoms with Crippen molar-refractivity contribution in [2.24, 2.45) is 0 Å². The summed E-state index contributed by atoms with van der Waals surface area (Å²) in [6, 6.07) is 5.61. The van der Waals surface area contributed by atoms with E-state index in [2.05, 4.69) is 13.8 Å². The van der Waals surface area contributed by atoms with Crippen molar-refractivity contribution in [1.29, 1.82) is 0 Å². The molecule has 0 bridgehead atoms. The van der Waals surface area contributed by atoms with Gasteiger partial charge in [0.1, 0.15) is 17.1 Å². The van der Waals surface area contributed by atoms with Crippen molar-refractivity contribution in [3.63, 3.8) is 0 Å². The van der Waals surface area contributed by atoms with E-state index in [1.807, 2.05) is 18.2 Å². The lowest BCUT2D eigenvalue weighted by atomic mass is 9.79. The fourth-order valence-electron chi connectivity index (χ4n) is 3.62. The zero-order valence-corrected chi connectivity index (χ0v) is 12.3. The van der Waals surface area contributed by atoms with E-state index in [0.717, 1.165) is 29.9 Å². The van der Waals surface area contributed by atoms with Gasteiger partial charge in [0.15, 0.2) is 0 Å². The molecule has 1 spiro atoms. The monoisotopic (exact) mass is 278 g/mol. The molecule has 4 nitrogen and oxygen atoms in total. The molecule has 0 radical (unpaired) electrons. The normalized spacial score (nSPS) is 36.3. The maximum Gasteiger partial charge on any atom is 0.129 e. The summed E-state index contributed by atoms with van der Waals surface area (Å²) in [6.07, 6.45) is 2.07. The minimum absolute atomic E-state index is 0.151. The van der Waals surface area contributed by atoms with Crippen LogP contribution in [-0.4, -0.2) is 30.0 Å². The number of aliphatic hydroxyl groups excluding tert-OH is 1. The van der Waals surface area contributed by atoms with E-state index in [1.54, 1.807) is 7.11 Å². The first-order valence-corrected chi connectivity index (χ1v) is 7.22. The molecule has 1 saturated heterocycles. The van der Waals surface area contributed by atoms with Gasteiger partial charge < -0.3 is 19.3 Å². The summed E-state index contributed by atoms with van der Waals surface area (Å²) in [6.45, 7) is 4.13. The van der Waals surface area contributed by atoms with Crippen molar-refractivity contribution in [3.8, 4) is 11.5 Å². The lowest BCUT2D eigenvalue weighted by Gasteiger charge is -2.46. The molecule has 1 N–H and O–H groups in total. The van der Waals surface area contributed by atoms with Gasteiger partial charge in [0.25, 0.3) is 0 Å². The Labute approximate surface area is 119 Å². The van der Waals surface area contributed by atoms with Gasteiger partial charge in [-0.25, -0.2) is 0 Å². The quantitative estimate of drug-likeness (QED) is 0.858. The Hall–Kier alpha value is -1.26. The summed E-state index contributed by atoms with van der Waals surface area (Å²) in [4.78, 5) is 0. The second kappa shape index (κ2) is 4.93. The van der Waals surface area contributed by atoms with E-state index in [9.17, 15) is 5.11 Å². The number of ether oxygens (including phenoxy) is 3. The summed E-state index contributed by atoms with van der Waals surface area (Å²) in [7, 11) is 1.63. The van der Waals surface area contributed by atoms with Gasteiger partial charge in [0.2, 0.25) is 0 Å². The third kappa shape index (κ3) is 2.38. The smallest absolute Gasteiger partial charge is 0.129 e. The van der Waals surface area contributed by atoms with Crippen molar-refractivity contribution in [2.75, 3.05) is 7.11 Å². The highest BCUT2D eigenvalue weighted by molar-refractivity contribution is 5.44. The van der Waals surface area contributed by atoms with Crippen molar-refractivity contribution >= 4 is 0 Å². The van der Waals surface area contributed by atoms with E-state index in [-0.39, 0.29) is 17.8 Å². The van der Waals surface area contributed by atoms with Crippen molar-refractivity contribution < 1.29 is 19.3 Å². The Kier molecular flexibility index (Phi) is 3.38. The van der Waals surface area contributed by atoms with Crippen LogP contribution in [0.3, 0.4) is 0 Å². The Balaban J connectivity index is 1.94. The first-order valence-electron chi connectivity index (χ1n) is 7.22. The van der Waals surface area contributed by atoms with E-state index < -0.39 is 6.10 Å². The molecule has 3 atom stereocenters. The van der Waals surface area contributed by atoms with E-state index >= 15 is 0 Å². The molecule has 0 amide bonds. The number of fused-ring (bicyclic) bond motifs is 1. The van der Waals surface area contributed by atoms with E-state index in [1.165, 1.54) is 0 Å². The average molecular weight is 278 g/mol. The Bertz CT molecular complexity index is 489. The minimum atomic E-state index is -0.484. The predicted molar refractivity (Wildman–Crippen MR) is 75.2 cm³/mol. The first-order chi connectivity index (χ1) is 9.51. The third-order valence-electron chi connectivity index (χ3n) is 4.26. The molecule has 2 aliphatic heterocycles. The average Bonchev–Trinajstić information content (AvgIpc) is 2.36. The van der Waals surface area contributed by atoms with E-state index in [4.69, 9.17) is 14.2 Å². The molecule has 0 aliphatic carbocycles. The molecule has 0 aromatic heterocycles. The van der Waals surface area contributed by atoms with Crippen LogP contribution in [0.5, 0.6) is 11.5 Å². The first kappa shape index (κ1) is 13.7. The maximum absolute atomic E-state index is 10.5. The van der Waals surface area contributed by atoms with Crippen LogP contribution >= 0.6 is 0 Å². The van der Waals surface area contributed by atoms with Gasteiger partial charge in [-0.15, -0.1) is 0 Å². The number of hydrogen-bond donors (Lipinski definition) is 1. The summed E-state index contributed by atoms with van der Waals surface area (Å²) in [5.74, 6) is 1.49. The highest BCUT2D eigenvalue weighted by atomic mass is 16.5. The fraction of sp³-hybridized carbons (Fsp3) is 0.625. The standard InChI is InChI=1S/C16H22O4/c1-10-7-16(8-11(2)19-10)9-14(17)13-5-4-12(18-3)6-15(13)20-16/h4-6,10-11,14,17H,7-9H2,1-3H3/t10?,11?,14-,16?/m1/s1. The number of rotatable bonds is 1. The lowest BCUT2D eigenvalue weighted by molar-refractivity contribution is -0.140. The molecule has 0 saturated carbocycles. The summed E-state index contributed by atoms with van der Waals surface area (Å²) in [5.41, 5.74) is 0.527. The van der Waals surface area contributed by atoms with Crippen LogP contribution in [0.25, 0.3) is 0 Å². The van der Waals surface area contributed by atoms with Crippen molar-refractivity contribution in [3.05, 3.63) is 23.8 Å². The summed E-state index contributed by atoms with van der Waals surface area (Å²) < 4.78 is 17.3. The molecule has 1 aromatic carbocycles. The van der Waals surface area contributed by atoms with Crippen LogP contribution in [0.2, 0.25) is 0 Å². The van der Waals surface area contributed by atoms with Gasteiger partial charge in [0, 0.05) is 30.9 Å². The predicted octanol–water partition coefficient (Wildman–Crippen LogP) is 2.84. The van der Waals surface area contributed by atoms with E-state index in [0.29, 0.717) is 6.42 Å². The zero-order valence-electron chi connectivity index (χ0n) is 12.3. The summed E-state index contributed by atoms with van der Waals surface area (Å²) >= 11 is 0. The SMILES string of the molecule is COc1ccc2c(c1)OC1(CC(C)OC(C)C1)C[C@H]2O. The van der Waals surface area contributed by atoms with Gasteiger partial charge in [-0.2, -0.15) is 0 Å². The minimum Gasteiger partial charge on any atom is -0.497 e. The molecule has 110 valence electrons. The van der Waals surface area contributed by atoms with Crippen LogP contribution in [0, 0.1) is 0 Å². The number of methoxy groups -OCH3 is 1. The van der Waals surface area contributed by atoms with Crippen LogP contribution in [-0.2, 0) is 4.74 Å². The molecule has 3 rings (SSSR count). The van der Waals surface area contributed by atoms with Crippen LogP contribution in [0.1, 0.15) is 44.8 Å². The molecule has 2 heterocycles. The lowest BCUT2D eigenvalue weighted by Crippen LogP contribution is -2.50. The third-order valence-corrected chi connectivity index (χ3v) is 4.26. The Morgan fingerprint density at radius 2 is 1.90 bits per heavy atom. The van der Waals surface area contributed by atoms with Crippen LogP contribution in [0.15, 0.2) is 18.2 Å². The molecule has 2 unspecified atom stereocenters. The molecule has 1 aromatic rings. The van der Waals surface area contributed by atoms with Crippen LogP contribution in [0.4, 0.5) is 0 Å². The second-order valence-electron chi connectivity index (χ2n) is 6.07. The maximum atomic E-state index is 10.5. The van der Waals surface area contributed by atoms with Gasteiger partial charge in [-0.1, -0.05) is 0 Å². The fourth-order valence-corrected chi connectivity index (χ4v) is 3.62. The van der Waals surface area contributed by atoms with Crippen LogP contribution < -0.4 is 9.47 Å². The van der Waals surface area contributed by atoms with Gasteiger partial charge in [-0.3, -0.25) is 0 Å². The largest absolute Gasteiger partial charge is 0.497 e. The van der Waals surface area contributed by atoms with Gasteiger partial charge in [0.05, 0.1) is 25.4 Å². The topological polar surface area (TPSA) is 47.9 Å². The van der Waals surface area contributed by atoms with Crippen molar-refractivity contribution in [2.45, 2.75) is 57.0 Å². The zero-order chi connectivity index (χ0) is 14.3. The molecular formula is C16H22O4. The number of hydrogen-bond acceptors (Lipinski definition) is 4. The summed E-state index contributed by atoms with van der Waals surface area (Å²) in [5, 5.41) is 10.5. The van der Waals surface area contributed by atoms with Gasteiger partial charge in [-0.05, 0) is 26.0 Å². The highest BCUT2D eigenvalue weighted by Crippen LogP contribution is 2.47. The van der Waals surface area contributed by atoms with Crippen molar-refractivity contribution in [1.82, 2.24) is 0 Å². The second-order valence-corrected chi connectivity index (χ2v) is 6.07. The molecule has 4 heteroatoms. The molecule has 1 fully saturated rings. The molecular weight excluding hydrogens is 256 g/mol. The number of aliphatic hydroxyl groups is 1. The highest BCUT2D eigenvalue weighted by Gasteiger charge is 2.45. The number of benzene rings is 1. The Morgan fingerprint density at radius 1 is 1.20 bits per heavy atom. The van der Waals surface area contributed by atoms with Gasteiger partial charge >= 0.3 is 0 Å². The molecule has 2 aliphatic rings. The Morgan fingerprint density at radius 3 is 2.55 bits per heavy atom.